The smallest absolute Gasteiger partial charge is 0.309 e. The standard InChI is InChI=1S/C41H27N3.C17H10NS.Ir/c1-3-12-31(13-4-1)38-28-32(22-24-43-38)35-17-10-19-40-41(35)36-27-30(20-21-39(36)44(40)34-15-5-2-6-16-34)25-29-11-9-14-33(26-29)37-18-7-8-23-42-37;1-2-10-16-12(6-1)13-7-5-8-14(17(13)19-16)15-9-3-4-11-18-15;/h1-12,15-24,26-28H,25H2;1-7,9-11H;/q-2;-1;+3. The summed E-state index contributed by atoms with van der Waals surface area (Å²) in [6, 6.07) is 77.4. The van der Waals surface area contributed by atoms with Gasteiger partial charge in [-0.2, -0.15) is 11.3 Å². The Morgan fingerprint density at radius 3 is 2.05 bits per heavy atom. The number of hydrogen-bond acceptors (Lipinski definition) is 4. The SMILES string of the molecule is [Ir+3].[c-]1ccc2c(sc3ccccc32)c1-c1ccccn1.[c-]1ccccc1-c1cc(-c2cccc3c2c2cc(Cc4cc[c-]c(-c5ccccn5)c4)ccc2n3-c2ccccc2)ccn1. The van der Waals surface area contributed by atoms with E-state index in [0.29, 0.717) is 0 Å². The molecule has 12 aromatic rings. The van der Waals surface area contributed by atoms with Crippen molar-refractivity contribution in [3.8, 4) is 50.6 Å². The maximum absolute atomic E-state index is 4.68. The third-order valence-corrected chi connectivity index (χ3v) is 12.6. The summed E-state index contributed by atoms with van der Waals surface area (Å²) >= 11 is 1.81. The summed E-state index contributed by atoms with van der Waals surface area (Å²) < 4.78 is 4.96. The molecule has 12 rings (SSSR count). The third-order valence-electron chi connectivity index (χ3n) is 11.4. The van der Waals surface area contributed by atoms with Crippen LogP contribution in [-0.4, -0.2) is 19.5 Å². The van der Waals surface area contributed by atoms with Crippen molar-refractivity contribution in [1.29, 1.82) is 0 Å². The van der Waals surface area contributed by atoms with Gasteiger partial charge in [0.1, 0.15) is 0 Å². The zero-order valence-corrected chi connectivity index (χ0v) is 37.7. The van der Waals surface area contributed by atoms with Gasteiger partial charge in [0.2, 0.25) is 0 Å². The second-order valence-corrected chi connectivity index (χ2v) is 16.4. The van der Waals surface area contributed by atoms with Gasteiger partial charge in [0.05, 0.1) is 11.0 Å². The predicted octanol–water partition coefficient (Wildman–Crippen LogP) is 14.7. The number of thiophene rings is 1. The Labute approximate surface area is 389 Å². The molecule has 4 nitrogen and oxygen atoms in total. The van der Waals surface area contributed by atoms with Crippen LogP contribution in [0.1, 0.15) is 11.1 Å². The number of nitrogens with zero attached hydrogens (tertiary/aromatic N) is 4. The fraction of sp³-hybridized carbons (Fsp3) is 0.0172. The van der Waals surface area contributed by atoms with Crippen molar-refractivity contribution in [3.63, 3.8) is 0 Å². The Bertz CT molecular complexity index is 3530. The predicted molar refractivity (Wildman–Crippen MR) is 261 cm³/mol. The van der Waals surface area contributed by atoms with E-state index < -0.39 is 0 Å². The molecular formula is C58H37IrN4S. The van der Waals surface area contributed by atoms with Crippen LogP contribution >= 0.6 is 11.3 Å². The molecule has 0 aliphatic carbocycles. The van der Waals surface area contributed by atoms with Crippen molar-refractivity contribution in [3.05, 3.63) is 242 Å². The number of fused-ring (bicyclic) bond motifs is 6. The monoisotopic (exact) mass is 1010 g/mol. The Balaban J connectivity index is 0.000000202. The van der Waals surface area contributed by atoms with E-state index in [1.165, 1.54) is 58.7 Å². The van der Waals surface area contributed by atoms with Crippen LogP contribution in [0.4, 0.5) is 0 Å². The molecule has 0 saturated heterocycles. The molecule has 6 heteroatoms. The molecule has 304 valence electrons. The van der Waals surface area contributed by atoms with Crippen molar-refractivity contribution in [2.24, 2.45) is 0 Å². The molecule has 0 spiro atoms. The van der Waals surface area contributed by atoms with Crippen LogP contribution in [0.15, 0.2) is 213 Å². The number of para-hydroxylation sites is 1. The van der Waals surface area contributed by atoms with Crippen LogP contribution in [0.3, 0.4) is 0 Å². The normalized spacial score (nSPS) is 11.1. The number of pyridine rings is 3. The second-order valence-electron chi connectivity index (χ2n) is 15.3. The summed E-state index contributed by atoms with van der Waals surface area (Å²) in [6.07, 6.45) is 6.37. The van der Waals surface area contributed by atoms with Crippen molar-refractivity contribution < 1.29 is 20.1 Å². The zero-order valence-electron chi connectivity index (χ0n) is 34.4. The minimum atomic E-state index is 0. The molecule has 0 fully saturated rings. The van der Waals surface area contributed by atoms with Gasteiger partial charge in [-0.05, 0) is 105 Å². The summed E-state index contributed by atoms with van der Waals surface area (Å²) in [5.41, 5.74) is 14.2. The molecular weight excluding hydrogens is 977 g/mol. The first-order chi connectivity index (χ1) is 31.2. The number of rotatable bonds is 7. The van der Waals surface area contributed by atoms with Gasteiger partial charge in [0, 0.05) is 39.8 Å². The van der Waals surface area contributed by atoms with Gasteiger partial charge in [-0.25, -0.2) is 0 Å². The van der Waals surface area contributed by atoms with Crippen molar-refractivity contribution in [1.82, 2.24) is 19.5 Å². The van der Waals surface area contributed by atoms with Crippen LogP contribution in [0, 0.1) is 18.2 Å². The molecule has 0 saturated carbocycles. The van der Waals surface area contributed by atoms with E-state index >= 15 is 0 Å². The van der Waals surface area contributed by atoms with Crippen molar-refractivity contribution in [2.45, 2.75) is 6.42 Å². The summed E-state index contributed by atoms with van der Waals surface area (Å²) in [5, 5.41) is 5.07. The minimum Gasteiger partial charge on any atom is -0.309 e. The van der Waals surface area contributed by atoms with E-state index in [4.69, 9.17) is 0 Å². The number of aromatic nitrogens is 4. The molecule has 0 radical (unpaired) electrons. The van der Waals surface area contributed by atoms with E-state index in [-0.39, 0.29) is 20.1 Å². The summed E-state index contributed by atoms with van der Waals surface area (Å²) in [6.45, 7) is 0. The van der Waals surface area contributed by atoms with E-state index in [0.717, 1.165) is 51.4 Å². The van der Waals surface area contributed by atoms with Gasteiger partial charge < -0.3 is 19.5 Å². The molecule has 64 heavy (non-hydrogen) atoms. The topological polar surface area (TPSA) is 43.6 Å². The second kappa shape index (κ2) is 18.2. The maximum atomic E-state index is 4.68. The third kappa shape index (κ3) is 7.95. The first-order valence-electron chi connectivity index (χ1n) is 21.0. The fourth-order valence-corrected chi connectivity index (χ4v) is 9.75. The largest absolute Gasteiger partial charge is 3.00 e. The van der Waals surface area contributed by atoms with E-state index in [2.05, 4.69) is 165 Å². The zero-order chi connectivity index (χ0) is 42.0. The Morgan fingerprint density at radius 2 is 1.22 bits per heavy atom. The number of hydrogen-bond donors (Lipinski definition) is 0. The van der Waals surface area contributed by atoms with Gasteiger partial charge in [-0.1, -0.05) is 90.3 Å². The summed E-state index contributed by atoms with van der Waals surface area (Å²) in [7, 11) is 0. The van der Waals surface area contributed by atoms with Gasteiger partial charge in [-0.3, -0.25) is 0 Å². The molecule has 0 unspecified atom stereocenters. The quantitative estimate of drug-likeness (QED) is 0.149. The molecule has 7 aromatic carbocycles. The molecule has 0 bridgehead atoms. The van der Waals surface area contributed by atoms with Gasteiger partial charge in [0.25, 0.3) is 0 Å². The molecule has 5 heterocycles. The van der Waals surface area contributed by atoms with Gasteiger partial charge in [-0.15, -0.1) is 95.1 Å². The van der Waals surface area contributed by atoms with Crippen LogP contribution in [0.25, 0.3) is 92.6 Å². The van der Waals surface area contributed by atoms with Crippen molar-refractivity contribution in [2.75, 3.05) is 0 Å². The fourth-order valence-electron chi connectivity index (χ4n) is 8.54. The molecule has 0 atom stereocenters. The Hall–Kier alpha value is -7.34. The van der Waals surface area contributed by atoms with Gasteiger partial charge >= 0.3 is 20.1 Å². The van der Waals surface area contributed by atoms with Gasteiger partial charge in [0.15, 0.2) is 0 Å². The average molecular weight is 1010 g/mol. The van der Waals surface area contributed by atoms with Crippen LogP contribution in [0.5, 0.6) is 0 Å². The maximum Gasteiger partial charge on any atom is 3.00 e. The van der Waals surface area contributed by atoms with E-state index in [1.54, 1.807) is 0 Å². The first kappa shape index (κ1) is 40.7. The van der Waals surface area contributed by atoms with Crippen LogP contribution in [-0.2, 0) is 26.5 Å². The van der Waals surface area contributed by atoms with Crippen LogP contribution < -0.4 is 0 Å². The Kier molecular flexibility index (Phi) is 11.6. The molecule has 0 N–H and O–H groups in total. The first-order valence-corrected chi connectivity index (χ1v) is 21.8. The Morgan fingerprint density at radius 1 is 0.469 bits per heavy atom. The minimum absolute atomic E-state index is 0. The van der Waals surface area contributed by atoms with Crippen LogP contribution in [0.2, 0.25) is 0 Å². The van der Waals surface area contributed by atoms with E-state index in [1.807, 2.05) is 96.7 Å². The average Bonchev–Trinajstić information content (AvgIpc) is 3.91. The molecule has 0 aliphatic rings. The molecule has 0 amide bonds. The molecule has 0 aliphatic heterocycles. The number of benzene rings is 7. The summed E-state index contributed by atoms with van der Waals surface area (Å²) in [5.74, 6) is 0. The van der Waals surface area contributed by atoms with Crippen molar-refractivity contribution >= 4 is 53.3 Å². The summed E-state index contributed by atoms with van der Waals surface area (Å²) in [4.78, 5) is 13.6. The molecule has 5 aromatic heterocycles. The van der Waals surface area contributed by atoms with E-state index in [9.17, 15) is 0 Å².